The topological polar surface area (TPSA) is 86.7 Å². The summed E-state index contributed by atoms with van der Waals surface area (Å²) in [4.78, 5) is 46.8. The van der Waals surface area contributed by atoms with E-state index in [0.29, 0.717) is 25.7 Å². The number of hydrogen-bond donors (Lipinski definition) is 0. The molecule has 6 heteroatoms. The summed E-state index contributed by atoms with van der Waals surface area (Å²) in [6.45, 7) is 12.7. The lowest BCUT2D eigenvalue weighted by Gasteiger charge is -2.24. The van der Waals surface area contributed by atoms with E-state index >= 15 is 0 Å². The van der Waals surface area contributed by atoms with Crippen LogP contribution < -0.4 is 0 Å². The maximum absolute atomic E-state index is 12.2. The quantitative estimate of drug-likeness (QED) is 0.403. The summed E-state index contributed by atoms with van der Waals surface area (Å²) in [5.74, 6) is -0.600. The zero-order valence-corrected chi connectivity index (χ0v) is 18.7. The summed E-state index contributed by atoms with van der Waals surface area (Å²) in [6.07, 6.45) is 2.65. The third-order valence-electron chi connectivity index (χ3n) is 4.31. The van der Waals surface area contributed by atoms with E-state index < -0.39 is 10.8 Å². The standard InChI is InChI=1S/C22H38O6/c1-8-9-18(28-20(26)15-22(6,7)13-17(3)24)10-11-27-19(25)14-21(4,5)12-16(2)23/h18H,8-15H2,1-7H3/t18-/m0/s1. The molecule has 0 spiro atoms. The molecule has 6 nitrogen and oxygen atoms in total. The Balaban J connectivity index is 4.48. The number of ketones is 2. The Morgan fingerprint density at radius 1 is 0.750 bits per heavy atom. The lowest BCUT2D eigenvalue weighted by Crippen LogP contribution is -2.26. The second-order valence-corrected chi connectivity index (χ2v) is 9.35. The van der Waals surface area contributed by atoms with E-state index in [-0.39, 0.29) is 49.1 Å². The Morgan fingerprint density at radius 3 is 1.64 bits per heavy atom. The fraction of sp³-hybridized carbons (Fsp3) is 0.818. The van der Waals surface area contributed by atoms with Gasteiger partial charge < -0.3 is 19.1 Å². The highest BCUT2D eigenvalue weighted by molar-refractivity contribution is 5.78. The molecule has 0 radical (unpaired) electrons. The average Bonchev–Trinajstić information content (AvgIpc) is 2.42. The Kier molecular flexibility index (Phi) is 11.2. The van der Waals surface area contributed by atoms with Crippen LogP contribution in [0.4, 0.5) is 0 Å². The molecule has 28 heavy (non-hydrogen) atoms. The lowest BCUT2D eigenvalue weighted by molar-refractivity contribution is -0.154. The monoisotopic (exact) mass is 398 g/mol. The molecule has 1 atom stereocenters. The highest BCUT2D eigenvalue weighted by Gasteiger charge is 2.27. The lowest BCUT2D eigenvalue weighted by atomic mass is 9.84. The number of esters is 2. The minimum absolute atomic E-state index is 0.0421. The van der Waals surface area contributed by atoms with E-state index in [2.05, 4.69) is 0 Å². The minimum Gasteiger partial charge on any atom is -0.466 e. The molecular weight excluding hydrogens is 360 g/mol. The largest absolute Gasteiger partial charge is 0.466 e. The molecular formula is C22H38O6. The Hall–Kier alpha value is -1.72. The van der Waals surface area contributed by atoms with E-state index in [9.17, 15) is 19.2 Å². The molecule has 0 saturated heterocycles. The molecule has 0 aliphatic carbocycles. The van der Waals surface area contributed by atoms with Crippen molar-refractivity contribution >= 4 is 23.5 Å². The molecule has 0 N–H and O–H groups in total. The summed E-state index contributed by atoms with van der Waals surface area (Å²) in [6, 6.07) is 0. The molecule has 0 aromatic carbocycles. The first-order chi connectivity index (χ1) is 12.8. The number of ether oxygens (including phenoxy) is 2. The van der Waals surface area contributed by atoms with Gasteiger partial charge in [-0.15, -0.1) is 0 Å². The normalized spacial score (nSPS) is 13.0. The first kappa shape index (κ1) is 26.3. The van der Waals surface area contributed by atoms with Crippen molar-refractivity contribution in [2.75, 3.05) is 6.61 Å². The predicted octanol–water partition coefficient (Wildman–Crippen LogP) is 4.42. The smallest absolute Gasteiger partial charge is 0.306 e. The Bertz CT molecular complexity index is 547. The molecule has 0 amide bonds. The highest BCUT2D eigenvalue weighted by atomic mass is 16.6. The zero-order chi connectivity index (χ0) is 22.0. The van der Waals surface area contributed by atoms with Gasteiger partial charge in [-0.3, -0.25) is 9.59 Å². The van der Waals surface area contributed by atoms with Gasteiger partial charge in [0, 0.05) is 19.3 Å². The fourth-order valence-electron chi connectivity index (χ4n) is 3.42. The number of rotatable bonds is 14. The van der Waals surface area contributed by atoms with E-state index in [1.807, 2.05) is 34.6 Å². The number of carbonyl (C=O) groups is 4. The third-order valence-corrected chi connectivity index (χ3v) is 4.31. The fourth-order valence-corrected chi connectivity index (χ4v) is 3.42. The molecule has 0 aromatic rings. The Morgan fingerprint density at radius 2 is 1.21 bits per heavy atom. The van der Waals surface area contributed by atoms with Crippen molar-refractivity contribution in [1.82, 2.24) is 0 Å². The first-order valence-corrected chi connectivity index (χ1v) is 10.1. The van der Waals surface area contributed by atoms with Crippen LogP contribution >= 0.6 is 0 Å². The van der Waals surface area contributed by atoms with Crippen LogP contribution in [0.25, 0.3) is 0 Å². The van der Waals surface area contributed by atoms with Crippen molar-refractivity contribution in [1.29, 1.82) is 0 Å². The first-order valence-electron chi connectivity index (χ1n) is 10.1. The molecule has 0 fully saturated rings. The van der Waals surface area contributed by atoms with Crippen LogP contribution in [0.1, 0.15) is 93.4 Å². The molecule has 162 valence electrons. The molecule has 0 unspecified atom stereocenters. The van der Waals surface area contributed by atoms with Crippen LogP contribution in [0.15, 0.2) is 0 Å². The number of Topliss-reactive ketones (excluding diaryl/α,β-unsaturated/α-hetero) is 2. The molecule has 0 aliphatic heterocycles. The summed E-state index contributed by atoms with van der Waals surface area (Å²) in [5, 5.41) is 0. The second-order valence-electron chi connectivity index (χ2n) is 9.35. The third kappa shape index (κ3) is 13.4. The minimum atomic E-state index is -0.436. The van der Waals surface area contributed by atoms with Crippen molar-refractivity contribution in [2.24, 2.45) is 10.8 Å². The van der Waals surface area contributed by atoms with Gasteiger partial charge in [-0.2, -0.15) is 0 Å². The van der Waals surface area contributed by atoms with E-state index in [0.717, 1.165) is 6.42 Å². The van der Waals surface area contributed by atoms with Gasteiger partial charge in [0.15, 0.2) is 0 Å². The number of carbonyl (C=O) groups excluding carboxylic acids is 4. The summed E-state index contributed by atoms with van der Waals surface area (Å²) in [5.41, 5.74) is -0.866. The van der Waals surface area contributed by atoms with Gasteiger partial charge in [-0.25, -0.2) is 0 Å². The van der Waals surface area contributed by atoms with Gasteiger partial charge in [-0.05, 0) is 31.1 Å². The predicted molar refractivity (Wildman–Crippen MR) is 108 cm³/mol. The van der Waals surface area contributed by atoms with Gasteiger partial charge in [0.05, 0.1) is 19.4 Å². The molecule has 0 rings (SSSR count). The zero-order valence-electron chi connectivity index (χ0n) is 18.7. The van der Waals surface area contributed by atoms with Crippen molar-refractivity contribution in [2.45, 2.75) is 99.5 Å². The van der Waals surface area contributed by atoms with Gasteiger partial charge >= 0.3 is 11.9 Å². The Labute approximate surface area is 169 Å². The van der Waals surface area contributed by atoms with Gasteiger partial charge in [0.25, 0.3) is 0 Å². The maximum Gasteiger partial charge on any atom is 0.306 e. The van der Waals surface area contributed by atoms with Crippen LogP contribution in [0.5, 0.6) is 0 Å². The SMILES string of the molecule is CCC[C@@H](CCOC(=O)CC(C)(C)CC(C)=O)OC(=O)CC(C)(C)CC(C)=O. The average molecular weight is 399 g/mol. The van der Waals surface area contributed by atoms with Crippen LogP contribution in [-0.4, -0.2) is 36.2 Å². The number of hydrogen-bond acceptors (Lipinski definition) is 6. The van der Waals surface area contributed by atoms with E-state index in [1.165, 1.54) is 13.8 Å². The van der Waals surface area contributed by atoms with Crippen molar-refractivity contribution in [3.05, 3.63) is 0 Å². The second kappa shape index (κ2) is 12.0. The van der Waals surface area contributed by atoms with Gasteiger partial charge in [-0.1, -0.05) is 41.0 Å². The molecule has 0 heterocycles. The molecule has 0 saturated carbocycles. The van der Waals surface area contributed by atoms with Crippen LogP contribution in [0.3, 0.4) is 0 Å². The highest BCUT2D eigenvalue weighted by Crippen LogP contribution is 2.27. The molecule has 0 aliphatic rings. The maximum atomic E-state index is 12.2. The molecule has 0 bridgehead atoms. The van der Waals surface area contributed by atoms with Crippen LogP contribution in [0.2, 0.25) is 0 Å². The molecule has 0 aromatic heterocycles. The van der Waals surface area contributed by atoms with Gasteiger partial charge in [0.1, 0.15) is 17.7 Å². The van der Waals surface area contributed by atoms with Crippen molar-refractivity contribution in [3.8, 4) is 0 Å². The van der Waals surface area contributed by atoms with E-state index in [1.54, 1.807) is 0 Å². The van der Waals surface area contributed by atoms with Crippen molar-refractivity contribution < 1.29 is 28.7 Å². The summed E-state index contributed by atoms with van der Waals surface area (Å²) in [7, 11) is 0. The van der Waals surface area contributed by atoms with E-state index in [4.69, 9.17) is 9.47 Å². The van der Waals surface area contributed by atoms with Crippen molar-refractivity contribution in [3.63, 3.8) is 0 Å². The van der Waals surface area contributed by atoms with Gasteiger partial charge in [0.2, 0.25) is 0 Å². The van der Waals surface area contributed by atoms with Crippen LogP contribution in [0, 0.1) is 10.8 Å². The summed E-state index contributed by atoms with van der Waals surface area (Å²) < 4.78 is 10.8. The van der Waals surface area contributed by atoms with Crippen LogP contribution in [-0.2, 0) is 28.7 Å². The summed E-state index contributed by atoms with van der Waals surface area (Å²) >= 11 is 0.